The van der Waals surface area contributed by atoms with Crippen LogP contribution >= 0.6 is 11.6 Å². The third-order valence-electron chi connectivity index (χ3n) is 4.41. The minimum atomic E-state index is -3.91. The Labute approximate surface area is 168 Å². The molecule has 28 heavy (non-hydrogen) atoms. The zero-order valence-corrected chi connectivity index (χ0v) is 16.5. The van der Waals surface area contributed by atoms with E-state index in [1.165, 1.54) is 24.3 Å². The summed E-state index contributed by atoms with van der Waals surface area (Å²) >= 11 is 6.04. The van der Waals surface area contributed by atoms with Crippen LogP contribution in [0.3, 0.4) is 0 Å². The average Bonchev–Trinajstić information content (AvgIpc) is 3.19. The number of benzene rings is 2. The maximum Gasteiger partial charge on any atom is 0.251 e. The van der Waals surface area contributed by atoms with Gasteiger partial charge in [-0.2, -0.15) is 0 Å². The summed E-state index contributed by atoms with van der Waals surface area (Å²) in [6.07, 6.45) is 1.51. The van der Waals surface area contributed by atoms with Crippen LogP contribution in [0.5, 0.6) is 0 Å². The van der Waals surface area contributed by atoms with Crippen molar-refractivity contribution in [3.8, 4) is 0 Å². The highest BCUT2D eigenvalue weighted by Gasteiger charge is 2.23. The summed E-state index contributed by atoms with van der Waals surface area (Å²) in [5.41, 5.74) is 0.439. The van der Waals surface area contributed by atoms with Crippen LogP contribution in [-0.4, -0.2) is 33.6 Å². The molecule has 3 rings (SSSR count). The molecule has 1 amide bonds. The van der Waals surface area contributed by atoms with E-state index in [-0.39, 0.29) is 34.7 Å². The van der Waals surface area contributed by atoms with Crippen LogP contribution in [-0.2, 0) is 21.3 Å². The van der Waals surface area contributed by atoms with E-state index in [0.29, 0.717) is 12.2 Å². The van der Waals surface area contributed by atoms with Crippen molar-refractivity contribution in [1.82, 2.24) is 10.0 Å². The van der Waals surface area contributed by atoms with Crippen molar-refractivity contribution in [3.63, 3.8) is 0 Å². The highest BCUT2D eigenvalue weighted by atomic mass is 35.5. The molecule has 2 N–H and O–H groups in total. The SMILES string of the molecule is O=C(NCc1ccccc1F)c1ccc(Cl)c(S(=O)(=O)NCC2CCCO2)c1. The predicted octanol–water partition coefficient (Wildman–Crippen LogP) is 2.87. The normalized spacial score (nSPS) is 16.9. The Hall–Kier alpha value is -2.00. The first kappa shape index (κ1) is 20.7. The molecule has 9 heteroatoms. The van der Waals surface area contributed by atoms with E-state index in [0.717, 1.165) is 12.8 Å². The minimum absolute atomic E-state index is 0.00509. The lowest BCUT2D eigenvalue weighted by molar-refractivity contribution is 0.0950. The van der Waals surface area contributed by atoms with E-state index in [1.807, 2.05) is 0 Å². The number of carbonyl (C=O) groups excluding carboxylic acids is 1. The molecule has 1 fully saturated rings. The molecule has 0 aromatic heterocycles. The van der Waals surface area contributed by atoms with Gasteiger partial charge in [0, 0.05) is 30.8 Å². The molecular formula is C19H20ClFN2O4S. The highest BCUT2D eigenvalue weighted by molar-refractivity contribution is 7.89. The molecule has 0 aliphatic carbocycles. The third-order valence-corrected chi connectivity index (χ3v) is 6.31. The van der Waals surface area contributed by atoms with E-state index in [4.69, 9.17) is 16.3 Å². The molecule has 2 aromatic rings. The standard InChI is InChI=1S/C19H20ClFN2O4S/c20-16-8-7-13(19(24)22-11-14-4-1-2-6-17(14)21)10-18(16)28(25,26)23-12-15-5-3-9-27-15/h1-2,4,6-8,10,15,23H,3,5,9,11-12H2,(H,22,24). The van der Waals surface area contributed by atoms with E-state index in [9.17, 15) is 17.6 Å². The van der Waals surface area contributed by atoms with E-state index in [2.05, 4.69) is 10.0 Å². The second-order valence-electron chi connectivity index (χ2n) is 6.41. The summed E-state index contributed by atoms with van der Waals surface area (Å²) < 4.78 is 46.7. The lowest BCUT2D eigenvalue weighted by atomic mass is 10.2. The van der Waals surface area contributed by atoms with Crippen molar-refractivity contribution in [2.45, 2.75) is 30.4 Å². The summed E-state index contributed by atoms with van der Waals surface area (Å²) in [6.45, 7) is 0.737. The quantitative estimate of drug-likeness (QED) is 0.713. The summed E-state index contributed by atoms with van der Waals surface area (Å²) in [5, 5.41) is 2.58. The van der Waals surface area contributed by atoms with Crippen LogP contribution in [0.15, 0.2) is 47.4 Å². The molecule has 0 bridgehead atoms. The summed E-state index contributed by atoms with van der Waals surface area (Å²) in [4.78, 5) is 12.2. The maximum absolute atomic E-state index is 13.7. The van der Waals surface area contributed by atoms with Gasteiger partial charge in [-0.25, -0.2) is 17.5 Å². The third kappa shape index (κ3) is 5.08. The fourth-order valence-corrected chi connectivity index (χ4v) is 4.45. The molecule has 1 aliphatic heterocycles. The number of hydrogen-bond acceptors (Lipinski definition) is 4. The molecule has 150 valence electrons. The fraction of sp³-hybridized carbons (Fsp3) is 0.316. The molecule has 2 aromatic carbocycles. The topological polar surface area (TPSA) is 84.5 Å². The predicted molar refractivity (Wildman–Crippen MR) is 103 cm³/mol. The van der Waals surface area contributed by atoms with Gasteiger partial charge in [0.2, 0.25) is 10.0 Å². The van der Waals surface area contributed by atoms with Crippen LogP contribution in [0.1, 0.15) is 28.8 Å². The Balaban J connectivity index is 1.71. The number of amides is 1. The number of ether oxygens (including phenoxy) is 1. The Kier molecular flexibility index (Phi) is 6.66. The van der Waals surface area contributed by atoms with Gasteiger partial charge in [0.15, 0.2) is 0 Å². The summed E-state index contributed by atoms with van der Waals surface area (Å²) in [6, 6.07) is 10.0. The van der Waals surface area contributed by atoms with Gasteiger partial charge in [0.1, 0.15) is 10.7 Å². The van der Waals surface area contributed by atoms with Crippen LogP contribution in [0.25, 0.3) is 0 Å². The minimum Gasteiger partial charge on any atom is -0.377 e. The van der Waals surface area contributed by atoms with Gasteiger partial charge in [0.25, 0.3) is 5.91 Å². The zero-order valence-electron chi connectivity index (χ0n) is 15.0. The van der Waals surface area contributed by atoms with Crippen LogP contribution in [0, 0.1) is 5.82 Å². The van der Waals surface area contributed by atoms with Gasteiger partial charge in [0.05, 0.1) is 11.1 Å². The van der Waals surface area contributed by atoms with Gasteiger partial charge >= 0.3 is 0 Å². The molecule has 0 saturated carbocycles. The van der Waals surface area contributed by atoms with Crippen molar-refractivity contribution >= 4 is 27.5 Å². The van der Waals surface area contributed by atoms with Crippen molar-refractivity contribution in [2.24, 2.45) is 0 Å². The smallest absolute Gasteiger partial charge is 0.251 e. The second kappa shape index (κ2) is 9.00. The lowest BCUT2D eigenvalue weighted by Crippen LogP contribution is -2.32. The molecule has 1 unspecified atom stereocenters. The zero-order chi connectivity index (χ0) is 20.1. The first-order valence-corrected chi connectivity index (χ1v) is 10.7. The Morgan fingerprint density at radius 1 is 1.25 bits per heavy atom. The van der Waals surface area contributed by atoms with Gasteiger partial charge in [-0.1, -0.05) is 29.8 Å². The molecule has 0 spiro atoms. The van der Waals surface area contributed by atoms with Crippen molar-refractivity contribution in [1.29, 1.82) is 0 Å². The van der Waals surface area contributed by atoms with Gasteiger partial charge in [-0.05, 0) is 37.1 Å². The summed E-state index contributed by atoms with van der Waals surface area (Å²) in [5.74, 6) is -0.962. The molecule has 6 nitrogen and oxygen atoms in total. The number of sulfonamides is 1. The molecule has 1 heterocycles. The molecule has 0 radical (unpaired) electrons. The average molecular weight is 427 g/mol. The largest absolute Gasteiger partial charge is 0.377 e. The van der Waals surface area contributed by atoms with Crippen LogP contribution < -0.4 is 10.0 Å². The number of nitrogens with one attached hydrogen (secondary N) is 2. The molecular weight excluding hydrogens is 407 g/mol. The van der Waals surface area contributed by atoms with Gasteiger partial charge < -0.3 is 10.1 Å². The van der Waals surface area contributed by atoms with Gasteiger partial charge in [-0.3, -0.25) is 4.79 Å². The van der Waals surface area contributed by atoms with Gasteiger partial charge in [-0.15, -0.1) is 0 Å². The molecule has 1 atom stereocenters. The van der Waals surface area contributed by atoms with E-state index in [1.54, 1.807) is 18.2 Å². The maximum atomic E-state index is 13.7. The fourth-order valence-electron chi connectivity index (χ4n) is 2.86. The molecule has 1 aliphatic rings. The monoisotopic (exact) mass is 426 g/mol. The Morgan fingerprint density at radius 3 is 2.75 bits per heavy atom. The number of hydrogen-bond donors (Lipinski definition) is 2. The van der Waals surface area contributed by atoms with E-state index < -0.39 is 21.7 Å². The van der Waals surface area contributed by atoms with Crippen LogP contribution in [0.2, 0.25) is 5.02 Å². The summed E-state index contributed by atoms with van der Waals surface area (Å²) in [7, 11) is -3.91. The number of rotatable bonds is 7. The lowest BCUT2D eigenvalue weighted by Gasteiger charge is -2.13. The second-order valence-corrected chi connectivity index (χ2v) is 8.55. The highest BCUT2D eigenvalue weighted by Crippen LogP contribution is 2.23. The number of halogens is 2. The van der Waals surface area contributed by atoms with Crippen LogP contribution in [0.4, 0.5) is 4.39 Å². The van der Waals surface area contributed by atoms with E-state index >= 15 is 0 Å². The van der Waals surface area contributed by atoms with Crippen molar-refractivity contribution < 1.29 is 22.3 Å². The van der Waals surface area contributed by atoms with Crippen molar-refractivity contribution in [2.75, 3.05) is 13.2 Å². The molecule has 1 saturated heterocycles. The van der Waals surface area contributed by atoms with Crippen molar-refractivity contribution in [3.05, 3.63) is 64.4 Å². The Bertz CT molecular complexity index is 962. The number of carbonyl (C=O) groups is 1. The Morgan fingerprint density at radius 2 is 2.04 bits per heavy atom. The first-order chi connectivity index (χ1) is 13.4. The first-order valence-electron chi connectivity index (χ1n) is 8.79.